The molecule has 0 bridgehead atoms. The second-order valence-corrected chi connectivity index (χ2v) is 7.01. The number of carbonyl (C=O) groups excluding carboxylic acids is 2. The van der Waals surface area contributed by atoms with Crippen LogP contribution in [0.3, 0.4) is 0 Å². The van der Waals surface area contributed by atoms with Crippen LogP contribution in [-0.4, -0.2) is 11.9 Å². The molecule has 0 fully saturated rings. The fraction of sp³-hybridized carbons (Fsp3) is 0.300. The van der Waals surface area contributed by atoms with Gasteiger partial charge in [0, 0.05) is 16.8 Å². The first-order chi connectivity index (χ1) is 11.8. The first-order valence-corrected chi connectivity index (χ1v) is 8.29. The first kappa shape index (κ1) is 18.5. The van der Waals surface area contributed by atoms with Crippen molar-refractivity contribution in [2.24, 2.45) is 5.41 Å². The van der Waals surface area contributed by atoms with E-state index in [0.29, 0.717) is 5.69 Å². The molecule has 0 saturated carbocycles. The Balaban J connectivity index is 1.93. The standard InChI is InChI=1S/C20H25N3O2/c1-14(21-18(24)20(2,3)4)15-10-12-17(13-11-15)23-19(25)22-16-8-6-5-7-9-16/h5-14H,1-4H3,(H,21,24)(H2,22,23,25)/t14-/m0/s1. The largest absolute Gasteiger partial charge is 0.349 e. The van der Waals surface area contributed by atoms with Crippen molar-refractivity contribution in [1.82, 2.24) is 5.32 Å². The van der Waals surface area contributed by atoms with Crippen molar-refractivity contribution >= 4 is 23.3 Å². The van der Waals surface area contributed by atoms with Crippen LogP contribution in [0.4, 0.5) is 16.2 Å². The Hall–Kier alpha value is -2.82. The molecule has 0 heterocycles. The molecule has 0 aliphatic rings. The number of amides is 3. The number of rotatable bonds is 4. The van der Waals surface area contributed by atoms with Gasteiger partial charge in [-0.15, -0.1) is 0 Å². The van der Waals surface area contributed by atoms with Gasteiger partial charge >= 0.3 is 6.03 Å². The van der Waals surface area contributed by atoms with Gasteiger partial charge in [0.2, 0.25) is 5.91 Å². The fourth-order valence-electron chi connectivity index (χ4n) is 2.17. The molecule has 1 atom stereocenters. The van der Waals surface area contributed by atoms with E-state index >= 15 is 0 Å². The molecule has 5 heteroatoms. The van der Waals surface area contributed by atoms with Crippen molar-refractivity contribution < 1.29 is 9.59 Å². The van der Waals surface area contributed by atoms with E-state index in [0.717, 1.165) is 11.3 Å². The van der Waals surface area contributed by atoms with Crippen LogP contribution < -0.4 is 16.0 Å². The van der Waals surface area contributed by atoms with Crippen LogP contribution in [0, 0.1) is 5.41 Å². The second kappa shape index (κ2) is 7.83. The van der Waals surface area contributed by atoms with Gasteiger partial charge < -0.3 is 16.0 Å². The number of para-hydroxylation sites is 1. The zero-order valence-corrected chi connectivity index (χ0v) is 15.1. The summed E-state index contributed by atoms with van der Waals surface area (Å²) in [7, 11) is 0. The van der Waals surface area contributed by atoms with Crippen molar-refractivity contribution in [2.45, 2.75) is 33.7 Å². The summed E-state index contributed by atoms with van der Waals surface area (Å²) >= 11 is 0. The molecule has 0 aliphatic heterocycles. The molecule has 132 valence electrons. The minimum absolute atomic E-state index is 0.00411. The molecular formula is C20H25N3O2. The highest BCUT2D eigenvalue weighted by atomic mass is 16.2. The maximum absolute atomic E-state index is 12.1. The predicted molar refractivity (Wildman–Crippen MR) is 102 cm³/mol. The highest BCUT2D eigenvalue weighted by molar-refractivity contribution is 5.99. The maximum Gasteiger partial charge on any atom is 0.323 e. The average Bonchev–Trinajstić information content (AvgIpc) is 2.55. The molecule has 0 aliphatic carbocycles. The van der Waals surface area contributed by atoms with E-state index in [-0.39, 0.29) is 18.0 Å². The fourth-order valence-corrected chi connectivity index (χ4v) is 2.17. The Kier molecular flexibility index (Phi) is 5.80. The molecule has 0 unspecified atom stereocenters. The molecule has 0 spiro atoms. The van der Waals surface area contributed by atoms with Gasteiger partial charge in [0.05, 0.1) is 6.04 Å². The van der Waals surface area contributed by atoms with Crippen molar-refractivity contribution in [3.8, 4) is 0 Å². The molecule has 0 saturated heterocycles. The summed E-state index contributed by atoms with van der Waals surface area (Å²) in [5.74, 6) is 0.00411. The van der Waals surface area contributed by atoms with Crippen molar-refractivity contribution in [3.05, 3.63) is 60.2 Å². The molecule has 0 aromatic heterocycles. The molecule has 25 heavy (non-hydrogen) atoms. The molecule has 2 rings (SSSR count). The van der Waals surface area contributed by atoms with Gasteiger partial charge in [-0.1, -0.05) is 51.1 Å². The van der Waals surface area contributed by atoms with E-state index in [1.54, 1.807) is 0 Å². The van der Waals surface area contributed by atoms with E-state index in [2.05, 4.69) is 16.0 Å². The number of nitrogens with one attached hydrogen (secondary N) is 3. The maximum atomic E-state index is 12.1. The van der Waals surface area contributed by atoms with Gasteiger partial charge in [-0.3, -0.25) is 4.79 Å². The minimum atomic E-state index is -0.425. The smallest absolute Gasteiger partial charge is 0.323 e. The predicted octanol–water partition coefficient (Wildman–Crippen LogP) is 4.55. The van der Waals surface area contributed by atoms with Crippen LogP contribution in [0.5, 0.6) is 0 Å². The number of carbonyl (C=O) groups is 2. The van der Waals surface area contributed by atoms with Crippen molar-refractivity contribution in [1.29, 1.82) is 0 Å². The van der Waals surface area contributed by atoms with Crippen LogP contribution in [0.25, 0.3) is 0 Å². The lowest BCUT2D eigenvalue weighted by atomic mass is 9.94. The van der Waals surface area contributed by atoms with Gasteiger partial charge in [0.15, 0.2) is 0 Å². The Morgan fingerprint density at radius 2 is 1.36 bits per heavy atom. The summed E-state index contributed by atoms with van der Waals surface area (Å²) in [6, 6.07) is 16.3. The lowest BCUT2D eigenvalue weighted by molar-refractivity contribution is -0.129. The van der Waals surface area contributed by atoms with Crippen LogP contribution in [0.1, 0.15) is 39.3 Å². The highest BCUT2D eigenvalue weighted by Crippen LogP contribution is 2.19. The van der Waals surface area contributed by atoms with E-state index < -0.39 is 5.41 Å². The topological polar surface area (TPSA) is 70.2 Å². The summed E-state index contributed by atoms with van der Waals surface area (Å²) < 4.78 is 0. The third-order valence-electron chi connectivity index (χ3n) is 3.73. The second-order valence-electron chi connectivity index (χ2n) is 7.01. The number of hydrogen-bond acceptors (Lipinski definition) is 2. The Morgan fingerprint density at radius 1 is 0.840 bits per heavy atom. The summed E-state index contributed by atoms with van der Waals surface area (Å²) in [4.78, 5) is 24.0. The number of benzene rings is 2. The van der Waals surface area contributed by atoms with E-state index in [4.69, 9.17) is 0 Å². The number of anilines is 2. The Morgan fingerprint density at radius 3 is 1.88 bits per heavy atom. The lowest BCUT2D eigenvalue weighted by Crippen LogP contribution is -2.36. The molecule has 0 radical (unpaired) electrons. The monoisotopic (exact) mass is 339 g/mol. The normalized spacial score (nSPS) is 12.2. The average molecular weight is 339 g/mol. The SMILES string of the molecule is C[C@H](NC(=O)C(C)(C)C)c1ccc(NC(=O)Nc2ccccc2)cc1. The van der Waals surface area contributed by atoms with Crippen LogP contribution in [0.15, 0.2) is 54.6 Å². The van der Waals surface area contributed by atoms with Crippen LogP contribution >= 0.6 is 0 Å². The molecule has 2 aromatic carbocycles. The molecular weight excluding hydrogens is 314 g/mol. The Labute approximate surface area is 148 Å². The summed E-state index contributed by atoms with van der Waals surface area (Å²) in [6.45, 7) is 7.59. The zero-order chi connectivity index (χ0) is 18.4. The molecule has 5 nitrogen and oxygen atoms in total. The quantitative estimate of drug-likeness (QED) is 0.764. The van der Waals surface area contributed by atoms with Gasteiger partial charge in [0.25, 0.3) is 0 Å². The van der Waals surface area contributed by atoms with E-state index in [1.807, 2.05) is 82.3 Å². The van der Waals surface area contributed by atoms with Crippen LogP contribution in [0.2, 0.25) is 0 Å². The zero-order valence-electron chi connectivity index (χ0n) is 15.1. The third kappa shape index (κ3) is 5.64. The minimum Gasteiger partial charge on any atom is -0.349 e. The highest BCUT2D eigenvalue weighted by Gasteiger charge is 2.22. The number of urea groups is 1. The molecule has 3 amide bonds. The molecule has 2 aromatic rings. The van der Waals surface area contributed by atoms with Gasteiger partial charge in [-0.25, -0.2) is 4.79 Å². The van der Waals surface area contributed by atoms with Gasteiger partial charge in [-0.2, -0.15) is 0 Å². The van der Waals surface area contributed by atoms with Crippen molar-refractivity contribution in [3.63, 3.8) is 0 Å². The summed E-state index contributed by atoms with van der Waals surface area (Å²) in [5.41, 5.74) is 1.97. The summed E-state index contributed by atoms with van der Waals surface area (Å²) in [5, 5.41) is 8.54. The third-order valence-corrected chi connectivity index (χ3v) is 3.73. The lowest BCUT2D eigenvalue weighted by Gasteiger charge is -2.22. The first-order valence-electron chi connectivity index (χ1n) is 8.29. The Bertz CT molecular complexity index is 719. The van der Waals surface area contributed by atoms with E-state index in [9.17, 15) is 9.59 Å². The van der Waals surface area contributed by atoms with Gasteiger partial charge in [-0.05, 0) is 36.8 Å². The number of hydrogen-bond donors (Lipinski definition) is 3. The van der Waals surface area contributed by atoms with Gasteiger partial charge in [0.1, 0.15) is 0 Å². The van der Waals surface area contributed by atoms with Crippen LogP contribution in [-0.2, 0) is 4.79 Å². The van der Waals surface area contributed by atoms with E-state index in [1.165, 1.54) is 0 Å². The summed E-state index contributed by atoms with van der Waals surface area (Å²) in [6.07, 6.45) is 0. The van der Waals surface area contributed by atoms with Crippen molar-refractivity contribution in [2.75, 3.05) is 10.6 Å². The molecule has 3 N–H and O–H groups in total.